The van der Waals surface area contributed by atoms with Gasteiger partial charge in [-0.15, -0.1) is 0 Å². The average Bonchev–Trinajstić information content (AvgIpc) is 2.36. The maximum Gasteiger partial charge on any atom is 0.136 e. The summed E-state index contributed by atoms with van der Waals surface area (Å²) in [5.74, 6) is -1.04. The van der Waals surface area contributed by atoms with Gasteiger partial charge < -0.3 is 5.73 Å². The minimum absolute atomic E-state index is 0.0380. The molecule has 0 unspecified atom stereocenters. The van der Waals surface area contributed by atoms with E-state index < -0.39 is 11.6 Å². The van der Waals surface area contributed by atoms with Crippen LogP contribution in [0.5, 0.6) is 0 Å². The molecule has 2 aromatic carbocycles. The summed E-state index contributed by atoms with van der Waals surface area (Å²) in [5, 5.41) is 0. The molecule has 0 aliphatic rings. The molecule has 0 saturated carbocycles. The van der Waals surface area contributed by atoms with Gasteiger partial charge in [-0.2, -0.15) is 0 Å². The van der Waals surface area contributed by atoms with Crippen LogP contribution in [0.25, 0.3) is 11.1 Å². The molecule has 2 aromatic rings. The van der Waals surface area contributed by atoms with E-state index >= 15 is 0 Å². The van der Waals surface area contributed by atoms with Crippen LogP contribution in [0.15, 0.2) is 30.3 Å². The molecule has 2 rings (SSSR count). The van der Waals surface area contributed by atoms with Gasteiger partial charge in [0.15, 0.2) is 0 Å². The normalized spacial score (nSPS) is 10.7. The number of aryl methyl sites for hydroxylation is 2. The lowest BCUT2D eigenvalue weighted by Gasteiger charge is -2.11. The molecule has 0 spiro atoms. The van der Waals surface area contributed by atoms with E-state index in [1.807, 2.05) is 13.0 Å². The summed E-state index contributed by atoms with van der Waals surface area (Å²) in [6, 6.07) is 8.11. The van der Waals surface area contributed by atoms with Crippen molar-refractivity contribution >= 4 is 0 Å². The monoisotopic (exact) mass is 247 g/mol. The van der Waals surface area contributed by atoms with E-state index in [-0.39, 0.29) is 5.56 Å². The third kappa shape index (κ3) is 2.14. The number of hydrogen-bond acceptors (Lipinski definition) is 1. The van der Waals surface area contributed by atoms with Crippen molar-refractivity contribution in [3.05, 3.63) is 58.7 Å². The Kier molecular flexibility index (Phi) is 3.43. The number of halogens is 2. The topological polar surface area (TPSA) is 26.0 Å². The highest BCUT2D eigenvalue weighted by atomic mass is 19.1. The summed E-state index contributed by atoms with van der Waals surface area (Å²) < 4.78 is 27.9. The molecular formula is C15H15F2N. The molecule has 0 aliphatic carbocycles. The Morgan fingerprint density at radius 3 is 2.33 bits per heavy atom. The van der Waals surface area contributed by atoms with Crippen molar-refractivity contribution in [2.45, 2.75) is 20.4 Å². The van der Waals surface area contributed by atoms with Crippen molar-refractivity contribution < 1.29 is 8.78 Å². The highest BCUT2D eigenvalue weighted by Gasteiger charge is 2.15. The molecule has 0 radical (unpaired) electrons. The molecule has 0 saturated heterocycles. The molecular weight excluding hydrogens is 232 g/mol. The Morgan fingerprint density at radius 2 is 1.72 bits per heavy atom. The predicted molar refractivity (Wildman–Crippen MR) is 69.2 cm³/mol. The molecule has 0 heterocycles. The van der Waals surface area contributed by atoms with Crippen LogP contribution >= 0.6 is 0 Å². The summed E-state index contributed by atoms with van der Waals surface area (Å²) in [6.45, 7) is 3.87. The van der Waals surface area contributed by atoms with Crippen LogP contribution in [0.4, 0.5) is 8.78 Å². The lowest BCUT2D eigenvalue weighted by Crippen LogP contribution is -1.99. The van der Waals surface area contributed by atoms with Gasteiger partial charge in [-0.25, -0.2) is 8.78 Å². The van der Waals surface area contributed by atoms with E-state index in [2.05, 4.69) is 0 Å². The molecule has 3 heteroatoms. The molecule has 18 heavy (non-hydrogen) atoms. The van der Waals surface area contributed by atoms with Crippen molar-refractivity contribution in [2.24, 2.45) is 5.73 Å². The molecule has 0 amide bonds. The van der Waals surface area contributed by atoms with Crippen molar-refractivity contribution in [3.8, 4) is 11.1 Å². The SMILES string of the molecule is Cc1cc(CN)ccc1-c1c(F)ccc(C)c1F. The van der Waals surface area contributed by atoms with E-state index in [9.17, 15) is 8.78 Å². The summed E-state index contributed by atoms with van der Waals surface area (Å²) in [7, 11) is 0. The molecule has 0 aliphatic heterocycles. The molecule has 0 bridgehead atoms. The zero-order chi connectivity index (χ0) is 13.3. The highest BCUT2D eigenvalue weighted by Crippen LogP contribution is 2.30. The zero-order valence-corrected chi connectivity index (χ0v) is 10.4. The number of nitrogens with two attached hydrogens (primary N) is 1. The maximum absolute atomic E-state index is 14.0. The first-order valence-electron chi connectivity index (χ1n) is 5.79. The number of benzene rings is 2. The van der Waals surface area contributed by atoms with Crippen LogP contribution in [0, 0.1) is 25.5 Å². The lowest BCUT2D eigenvalue weighted by atomic mass is 9.96. The van der Waals surface area contributed by atoms with Crippen LogP contribution in [0.2, 0.25) is 0 Å². The Bertz CT molecular complexity index is 591. The number of hydrogen-bond donors (Lipinski definition) is 1. The molecule has 1 nitrogen and oxygen atoms in total. The van der Waals surface area contributed by atoms with Crippen molar-refractivity contribution in [1.29, 1.82) is 0 Å². The van der Waals surface area contributed by atoms with Gasteiger partial charge in [0.05, 0.1) is 5.56 Å². The van der Waals surface area contributed by atoms with E-state index in [1.165, 1.54) is 12.1 Å². The first kappa shape index (κ1) is 12.7. The second-order valence-corrected chi connectivity index (χ2v) is 4.41. The molecule has 0 fully saturated rings. The third-order valence-corrected chi connectivity index (χ3v) is 3.08. The molecule has 2 N–H and O–H groups in total. The van der Waals surface area contributed by atoms with Crippen molar-refractivity contribution in [3.63, 3.8) is 0 Å². The van der Waals surface area contributed by atoms with E-state index in [1.54, 1.807) is 19.1 Å². The van der Waals surface area contributed by atoms with Gasteiger partial charge in [-0.1, -0.05) is 24.3 Å². The zero-order valence-electron chi connectivity index (χ0n) is 10.4. The Labute approximate surface area is 105 Å². The van der Waals surface area contributed by atoms with Gasteiger partial charge in [0.2, 0.25) is 0 Å². The van der Waals surface area contributed by atoms with Crippen LogP contribution < -0.4 is 5.73 Å². The highest BCUT2D eigenvalue weighted by molar-refractivity contribution is 5.69. The first-order chi connectivity index (χ1) is 8.54. The van der Waals surface area contributed by atoms with Crippen LogP contribution in [0.3, 0.4) is 0 Å². The quantitative estimate of drug-likeness (QED) is 0.860. The van der Waals surface area contributed by atoms with Gasteiger partial charge in [0.25, 0.3) is 0 Å². The molecule has 0 aromatic heterocycles. The molecule has 0 atom stereocenters. The van der Waals surface area contributed by atoms with Crippen molar-refractivity contribution in [1.82, 2.24) is 0 Å². The second-order valence-electron chi connectivity index (χ2n) is 4.41. The van der Waals surface area contributed by atoms with Gasteiger partial charge in [-0.3, -0.25) is 0 Å². The average molecular weight is 247 g/mol. The number of rotatable bonds is 2. The Hall–Kier alpha value is -1.74. The minimum Gasteiger partial charge on any atom is -0.326 e. The fourth-order valence-electron chi connectivity index (χ4n) is 2.04. The fourth-order valence-corrected chi connectivity index (χ4v) is 2.04. The van der Waals surface area contributed by atoms with Crippen molar-refractivity contribution in [2.75, 3.05) is 0 Å². The van der Waals surface area contributed by atoms with Gasteiger partial charge in [0, 0.05) is 6.54 Å². The Morgan fingerprint density at radius 1 is 1.00 bits per heavy atom. The van der Waals surface area contributed by atoms with Gasteiger partial charge in [0.1, 0.15) is 11.6 Å². The summed E-state index contributed by atoms with van der Waals surface area (Å²) in [5.41, 5.74) is 8.36. The maximum atomic E-state index is 14.0. The van der Waals surface area contributed by atoms with E-state index in [0.29, 0.717) is 17.7 Å². The third-order valence-electron chi connectivity index (χ3n) is 3.08. The second kappa shape index (κ2) is 4.86. The summed E-state index contributed by atoms with van der Waals surface area (Å²) >= 11 is 0. The minimum atomic E-state index is -0.540. The molecule has 94 valence electrons. The summed E-state index contributed by atoms with van der Waals surface area (Å²) in [6.07, 6.45) is 0. The summed E-state index contributed by atoms with van der Waals surface area (Å²) in [4.78, 5) is 0. The Balaban J connectivity index is 2.66. The van der Waals surface area contributed by atoms with Gasteiger partial charge in [-0.05, 0) is 42.2 Å². The largest absolute Gasteiger partial charge is 0.326 e. The standard InChI is InChI=1S/C15H15F2N/c1-9-3-6-13(16)14(15(9)17)12-5-4-11(8-18)7-10(12)2/h3-7H,8,18H2,1-2H3. The fraction of sp³-hybridized carbons (Fsp3) is 0.200. The smallest absolute Gasteiger partial charge is 0.136 e. The van der Waals surface area contributed by atoms with E-state index in [4.69, 9.17) is 5.73 Å². The van der Waals surface area contributed by atoms with Crippen LogP contribution in [-0.2, 0) is 6.54 Å². The van der Waals surface area contributed by atoms with Gasteiger partial charge >= 0.3 is 0 Å². The first-order valence-corrected chi connectivity index (χ1v) is 5.79. The lowest BCUT2D eigenvalue weighted by molar-refractivity contribution is 0.583. The van der Waals surface area contributed by atoms with Crippen LogP contribution in [-0.4, -0.2) is 0 Å². The van der Waals surface area contributed by atoms with E-state index in [0.717, 1.165) is 11.1 Å². The predicted octanol–water partition coefficient (Wildman–Crippen LogP) is 3.71. The van der Waals surface area contributed by atoms with Crippen LogP contribution in [0.1, 0.15) is 16.7 Å².